The van der Waals surface area contributed by atoms with E-state index in [1.807, 2.05) is 6.07 Å². The molecular formula is C24H43N5O. The van der Waals surface area contributed by atoms with Crippen LogP contribution in [0.5, 0.6) is 5.75 Å². The van der Waals surface area contributed by atoms with Crippen molar-refractivity contribution in [2.24, 2.45) is 4.99 Å². The zero-order valence-corrected chi connectivity index (χ0v) is 19.8. The lowest BCUT2D eigenvalue weighted by atomic mass is 10.1. The Morgan fingerprint density at radius 3 is 2.63 bits per heavy atom. The molecule has 1 aliphatic rings. The molecule has 30 heavy (non-hydrogen) atoms. The smallest absolute Gasteiger partial charge is 0.191 e. The SMILES string of the molecule is CCNC(=NCC(c1cccc(OC)c1)N1CCCC1)NCCCCN(C)C(C)C. The molecule has 0 aliphatic carbocycles. The molecule has 6 nitrogen and oxygen atoms in total. The van der Waals surface area contributed by atoms with E-state index in [0.29, 0.717) is 6.04 Å². The predicted octanol–water partition coefficient (Wildman–Crippen LogP) is 3.51. The van der Waals surface area contributed by atoms with Gasteiger partial charge in [-0.2, -0.15) is 0 Å². The monoisotopic (exact) mass is 417 g/mol. The van der Waals surface area contributed by atoms with Crippen molar-refractivity contribution in [1.29, 1.82) is 0 Å². The van der Waals surface area contributed by atoms with Gasteiger partial charge in [0, 0.05) is 19.1 Å². The summed E-state index contributed by atoms with van der Waals surface area (Å²) in [6, 6.07) is 9.35. The van der Waals surface area contributed by atoms with Crippen LogP contribution in [0.25, 0.3) is 0 Å². The first-order valence-corrected chi connectivity index (χ1v) is 11.7. The summed E-state index contributed by atoms with van der Waals surface area (Å²) in [5.41, 5.74) is 1.28. The number of nitrogens with one attached hydrogen (secondary N) is 2. The summed E-state index contributed by atoms with van der Waals surface area (Å²) in [5, 5.41) is 6.93. The summed E-state index contributed by atoms with van der Waals surface area (Å²) in [5.74, 6) is 1.83. The van der Waals surface area contributed by atoms with Crippen molar-refractivity contribution in [2.45, 2.75) is 58.5 Å². The van der Waals surface area contributed by atoms with Crippen molar-refractivity contribution in [3.63, 3.8) is 0 Å². The van der Waals surface area contributed by atoms with E-state index in [1.165, 1.54) is 24.8 Å². The second kappa shape index (κ2) is 13.5. The molecular weight excluding hydrogens is 374 g/mol. The molecule has 0 aromatic heterocycles. The number of hydrogen-bond acceptors (Lipinski definition) is 4. The second-order valence-electron chi connectivity index (χ2n) is 8.46. The third-order valence-corrected chi connectivity index (χ3v) is 5.94. The minimum Gasteiger partial charge on any atom is -0.497 e. The van der Waals surface area contributed by atoms with Crippen LogP contribution in [0.15, 0.2) is 29.3 Å². The topological polar surface area (TPSA) is 52.1 Å². The van der Waals surface area contributed by atoms with Crippen molar-refractivity contribution in [1.82, 2.24) is 20.4 Å². The molecule has 1 atom stereocenters. The van der Waals surface area contributed by atoms with E-state index < -0.39 is 0 Å². The van der Waals surface area contributed by atoms with E-state index in [9.17, 15) is 0 Å². The average molecular weight is 418 g/mol. The van der Waals surface area contributed by atoms with Gasteiger partial charge in [0.25, 0.3) is 0 Å². The second-order valence-corrected chi connectivity index (χ2v) is 8.46. The van der Waals surface area contributed by atoms with Gasteiger partial charge in [-0.3, -0.25) is 9.89 Å². The quantitative estimate of drug-likeness (QED) is 0.310. The Hall–Kier alpha value is -1.79. The highest BCUT2D eigenvalue weighted by atomic mass is 16.5. The maximum atomic E-state index is 5.46. The first kappa shape index (κ1) is 24.5. The number of rotatable bonds is 12. The molecule has 0 saturated carbocycles. The Balaban J connectivity index is 1.95. The number of benzene rings is 1. The summed E-state index contributed by atoms with van der Waals surface area (Å²) in [6.07, 6.45) is 4.88. The van der Waals surface area contributed by atoms with Crippen molar-refractivity contribution in [3.8, 4) is 5.75 Å². The largest absolute Gasteiger partial charge is 0.497 e. The molecule has 1 aliphatic heterocycles. The molecule has 1 aromatic rings. The molecule has 0 amide bonds. The number of nitrogens with zero attached hydrogens (tertiary/aromatic N) is 3. The van der Waals surface area contributed by atoms with Crippen LogP contribution < -0.4 is 15.4 Å². The molecule has 0 bridgehead atoms. The van der Waals surface area contributed by atoms with Gasteiger partial charge < -0.3 is 20.3 Å². The summed E-state index contributed by atoms with van der Waals surface area (Å²) in [6.45, 7) is 12.6. The van der Waals surface area contributed by atoms with Crippen molar-refractivity contribution in [3.05, 3.63) is 29.8 Å². The Bertz CT molecular complexity index is 628. The normalized spacial score (nSPS) is 16.3. The van der Waals surface area contributed by atoms with E-state index in [1.54, 1.807) is 7.11 Å². The van der Waals surface area contributed by atoms with Crippen LogP contribution in [-0.2, 0) is 0 Å². The van der Waals surface area contributed by atoms with Gasteiger partial charge in [-0.1, -0.05) is 12.1 Å². The molecule has 170 valence electrons. The molecule has 0 radical (unpaired) electrons. The first-order chi connectivity index (χ1) is 14.5. The number of hydrogen-bond donors (Lipinski definition) is 2. The zero-order valence-electron chi connectivity index (χ0n) is 19.8. The van der Waals surface area contributed by atoms with Gasteiger partial charge in [0.15, 0.2) is 5.96 Å². The van der Waals surface area contributed by atoms with Gasteiger partial charge in [-0.15, -0.1) is 0 Å². The van der Waals surface area contributed by atoms with Gasteiger partial charge in [0.1, 0.15) is 5.75 Å². The van der Waals surface area contributed by atoms with Gasteiger partial charge in [-0.05, 0) is 90.8 Å². The molecule has 1 heterocycles. The lowest BCUT2D eigenvalue weighted by molar-refractivity contribution is 0.251. The minimum atomic E-state index is 0.290. The maximum Gasteiger partial charge on any atom is 0.191 e. The highest BCUT2D eigenvalue weighted by molar-refractivity contribution is 5.79. The number of ether oxygens (including phenoxy) is 1. The number of unbranched alkanes of at least 4 members (excludes halogenated alkanes) is 1. The third-order valence-electron chi connectivity index (χ3n) is 5.94. The van der Waals surface area contributed by atoms with Crippen LogP contribution in [0.4, 0.5) is 0 Å². The average Bonchev–Trinajstić information content (AvgIpc) is 3.28. The van der Waals surface area contributed by atoms with Gasteiger partial charge in [-0.25, -0.2) is 0 Å². The standard InChI is InChI=1S/C24H43N5O/c1-6-25-24(26-14-7-8-15-28(4)20(2)3)27-19-23(29-16-9-10-17-29)21-12-11-13-22(18-21)30-5/h11-13,18,20,23H,6-10,14-17,19H2,1-5H3,(H2,25,26,27). The van der Waals surface area contributed by atoms with Crippen LogP contribution in [0.2, 0.25) is 0 Å². The summed E-state index contributed by atoms with van der Waals surface area (Å²) < 4.78 is 5.46. The van der Waals surface area contributed by atoms with E-state index in [4.69, 9.17) is 9.73 Å². The molecule has 1 unspecified atom stereocenters. The van der Waals surface area contributed by atoms with E-state index >= 15 is 0 Å². The Kier molecular flexibility index (Phi) is 11.0. The summed E-state index contributed by atoms with van der Waals surface area (Å²) in [4.78, 5) is 9.91. The Morgan fingerprint density at radius 1 is 1.20 bits per heavy atom. The molecule has 6 heteroatoms. The number of guanidine groups is 1. The fourth-order valence-electron chi connectivity index (χ4n) is 3.80. The third kappa shape index (κ3) is 8.15. The summed E-state index contributed by atoms with van der Waals surface area (Å²) in [7, 11) is 3.93. The molecule has 2 rings (SSSR count). The van der Waals surface area contributed by atoms with Crippen molar-refractivity contribution in [2.75, 3.05) is 53.4 Å². The van der Waals surface area contributed by atoms with Gasteiger partial charge in [0.05, 0.1) is 19.7 Å². The summed E-state index contributed by atoms with van der Waals surface area (Å²) >= 11 is 0. The van der Waals surface area contributed by atoms with Gasteiger partial charge >= 0.3 is 0 Å². The molecule has 0 spiro atoms. The predicted molar refractivity (Wildman–Crippen MR) is 128 cm³/mol. The Morgan fingerprint density at radius 2 is 1.97 bits per heavy atom. The van der Waals surface area contributed by atoms with E-state index in [-0.39, 0.29) is 6.04 Å². The number of likely N-dealkylation sites (tertiary alicyclic amines) is 1. The first-order valence-electron chi connectivity index (χ1n) is 11.7. The lowest BCUT2D eigenvalue weighted by Crippen LogP contribution is -2.39. The molecule has 1 fully saturated rings. The molecule has 1 saturated heterocycles. The zero-order chi connectivity index (χ0) is 21.8. The van der Waals surface area contributed by atoms with Crippen molar-refractivity contribution < 1.29 is 4.74 Å². The fourth-order valence-corrected chi connectivity index (χ4v) is 3.80. The number of methoxy groups -OCH3 is 1. The number of aliphatic imine (C=N–C) groups is 1. The highest BCUT2D eigenvalue weighted by Crippen LogP contribution is 2.27. The van der Waals surface area contributed by atoms with Gasteiger partial charge in [0.2, 0.25) is 0 Å². The molecule has 1 aromatic carbocycles. The minimum absolute atomic E-state index is 0.290. The highest BCUT2D eigenvalue weighted by Gasteiger charge is 2.23. The van der Waals surface area contributed by atoms with Crippen LogP contribution in [0.1, 0.15) is 58.1 Å². The Labute approximate surface area is 184 Å². The van der Waals surface area contributed by atoms with Crippen LogP contribution >= 0.6 is 0 Å². The van der Waals surface area contributed by atoms with Crippen LogP contribution in [-0.4, -0.2) is 75.2 Å². The molecule has 2 N–H and O–H groups in total. The van der Waals surface area contributed by atoms with Crippen molar-refractivity contribution >= 4 is 5.96 Å². The van der Waals surface area contributed by atoms with E-state index in [0.717, 1.165) is 57.4 Å². The van der Waals surface area contributed by atoms with E-state index in [2.05, 4.69) is 66.5 Å². The lowest BCUT2D eigenvalue weighted by Gasteiger charge is -2.27. The van der Waals surface area contributed by atoms with Crippen LogP contribution in [0.3, 0.4) is 0 Å². The maximum absolute atomic E-state index is 5.46. The van der Waals surface area contributed by atoms with Crippen LogP contribution in [0, 0.1) is 0 Å². The fraction of sp³-hybridized carbons (Fsp3) is 0.708.